The predicted octanol–water partition coefficient (Wildman–Crippen LogP) is 2.51. The van der Waals surface area contributed by atoms with Gasteiger partial charge in [-0.2, -0.15) is 4.99 Å². The molecule has 1 amide bonds. The molecule has 0 aliphatic heterocycles. The molecule has 2 nitrogen and oxygen atoms in total. The molecule has 0 fully saturated rings. The van der Waals surface area contributed by atoms with Crippen molar-refractivity contribution >= 4 is 23.3 Å². The average Bonchev–Trinajstić information content (AvgIpc) is 2.06. The Balaban J connectivity index is 2.44. The number of carbonyl (C=O) groups excluding carboxylic acids is 1. The summed E-state index contributed by atoms with van der Waals surface area (Å²) in [4.78, 5) is 14.4. The van der Waals surface area contributed by atoms with Crippen LogP contribution in [0.1, 0.15) is 32.1 Å². The molecule has 1 aliphatic carbocycles. The van der Waals surface area contributed by atoms with Crippen molar-refractivity contribution in [3.63, 3.8) is 0 Å². The molecule has 0 spiro atoms. The normalized spacial score (nSPS) is 16.2. The van der Waals surface area contributed by atoms with Crippen LogP contribution in [0.2, 0.25) is 0 Å². The van der Waals surface area contributed by atoms with Crippen molar-refractivity contribution in [3.8, 4) is 0 Å². The molecule has 0 unspecified atom stereocenters. The number of rotatable bonds is 2. The maximum absolute atomic E-state index is 11.0. The molecule has 0 heterocycles. The quantitative estimate of drug-likeness (QED) is 0.372. The summed E-state index contributed by atoms with van der Waals surface area (Å²) in [6, 6.07) is 0. The number of hydrogen-bond acceptors (Lipinski definition) is 2. The van der Waals surface area contributed by atoms with E-state index in [0.717, 1.165) is 12.8 Å². The van der Waals surface area contributed by atoms with Crippen LogP contribution in [-0.2, 0) is 4.79 Å². The van der Waals surface area contributed by atoms with Crippen LogP contribution in [0.15, 0.2) is 16.6 Å². The second-order valence-corrected chi connectivity index (χ2v) is 3.06. The lowest BCUT2D eigenvalue weighted by Crippen LogP contribution is -1.99. The van der Waals surface area contributed by atoms with E-state index in [9.17, 15) is 4.79 Å². The summed E-state index contributed by atoms with van der Waals surface area (Å²) in [5.74, 6) is -0.168. The Kier molecular flexibility index (Phi) is 3.85. The van der Waals surface area contributed by atoms with Gasteiger partial charge < -0.3 is 0 Å². The van der Waals surface area contributed by atoms with E-state index in [1.54, 1.807) is 0 Å². The van der Waals surface area contributed by atoms with Crippen molar-refractivity contribution in [1.82, 2.24) is 0 Å². The molecule has 0 aromatic carbocycles. The number of hydrogen-bond donors (Lipinski definition) is 0. The first kappa shape index (κ1) is 9.30. The predicted molar refractivity (Wildman–Crippen MR) is 51.2 cm³/mol. The molecule has 0 aromatic heterocycles. The minimum Gasteiger partial charge on any atom is -0.272 e. The molecule has 0 N–H and O–H groups in total. The number of thiocarbonyl (C=S) groups is 1. The van der Waals surface area contributed by atoms with Crippen LogP contribution in [0, 0.1) is 0 Å². The van der Waals surface area contributed by atoms with Gasteiger partial charge in [-0.3, -0.25) is 4.79 Å². The summed E-state index contributed by atoms with van der Waals surface area (Å²) in [6.07, 6.45) is 7.15. The first-order valence-corrected chi connectivity index (χ1v) is 4.52. The van der Waals surface area contributed by atoms with E-state index in [2.05, 4.69) is 28.4 Å². The number of amides is 1. The topological polar surface area (TPSA) is 29.4 Å². The number of nitrogens with zero attached hydrogens (tertiary/aromatic N) is 1. The Hall–Kier alpha value is -0.790. The number of allylic oxidation sites excluding steroid dienone is 1. The van der Waals surface area contributed by atoms with Gasteiger partial charge in [-0.05, 0) is 37.9 Å². The number of aliphatic imine (C=N–C) groups is 1. The van der Waals surface area contributed by atoms with E-state index >= 15 is 0 Å². The van der Waals surface area contributed by atoms with E-state index in [1.807, 2.05) is 0 Å². The molecule has 0 bridgehead atoms. The van der Waals surface area contributed by atoms with E-state index in [1.165, 1.54) is 18.4 Å². The molecular formula is C9H11NOS. The lowest BCUT2D eigenvalue weighted by atomic mass is 9.97. The smallest absolute Gasteiger partial charge is 0.258 e. The first-order chi connectivity index (χ1) is 5.83. The van der Waals surface area contributed by atoms with Crippen LogP contribution in [0.4, 0.5) is 0 Å². The summed E-state index contributed by atoms with van der Waals surface area (Å²) in [6.45, 7) is 0. The molecule has 0 saturated carbocycles. The Bertz CT molecular complexity index is 251. The molecule has 0 atom stereocenters. The monoisotopic (exact) mass is 181 g/mol. The third kappa shape index (κ3) is 3.07. The highest BCUT2D eigenvalue weighted by Gasteiger charge is 2.07. The van der Waals surface area contributed by atoms with Gasteiger partial charge in [0.1, 0.15) is 0 Å². The molecule has 12 heavy (non-hydrogen) atoms. The fourth-order valence-corrected chi connectivity index (χ4v) is 1.45. The zero-order chi connectivity index (χ0) is 8.81. The fraction of sp³-hybridized carbons (Fsp3) is 0.556. The third-order valence-electron chi connectivity index (χ3n) is 1.93. The van der Waals surface area contributed by atoms with Gasteiger partial charge in [-0.15, -0.1) is 0 Å². The van der Waals surface area contributed by atoms with E-state index in [4.69, 9.17) is 0 Å². The van der Waals surface area contributed by atoms with Gasteiger partial charge in [0.2, 0.25) is 0 Å². The van der Waals surface area contributed by atoms with Gasteiger partial charge in [0, 0.05) is 0 Å². The zero-order valence-electron chi connectivity index (χ0n) is 6.88. The maximum Gasteiger partial charge on any atom is 0.258 e. The van der Waals surface area contributed by atoms with Gasteiger partial charge in [-0.1, -0.05) is 11.6 Å². The fourth-order valence-electron chi connectivity index (χ4n) is 1.35. The van der Waals surface area contributed by atoms with Gasteiger partial charge in [0.25, 0.3) is 5.91 Å². The van der Waals surface area contributed by atoms with Crippen molar-refractivity contribution in [1.29, 1.82) is 0 Å². The lowest BCUT2D eigenvalue weighted by molar-refractivity contribution is -0.117. The average molecular weight is 181 g/mol. The summed E-state index contributed by atoms with van der Waals surface area (Å²) >= 11 is 4.34. The van der Waals surface area contributed by atoms with Crippen molar-refractivity contribution in [3.05, 3.63) is 11.6 Å². The molecular weight excluding hydrogens is 170 g/mol. The molecule has 1 rings (SSSR count). The Morgan fingerprint density at radius 1 is 1.67 bits per heavy atom. The highest BCUT2D eigenvalue weighted by atomic mass is 32.1. The van der Waals surface area contributed by atoms with E-state index in [-0.39, 0.29) is 5.91 Å². The highest BCUT2D eigenvalue weighted by Crippen LogP contribution is 2.20. The Morgan fingerprint density at radius 3 is 3.08 bits per heavy atom. The van der Waals surface area contributed by atoms with Crippen LogP contribution in [0.5, 0.6) is 0 Å². The number of carbonyl (C=O) groups is 1. The summed E-state index contributed by atoms with van der Waals surface area (Å²) in [5.41, 5.74) is 1.21. The van der Waals surface area contributed by atoms with Crippen LogP contribution < -0.4 is 0 Å². The Morgan fingerprint density at radius 2 is 2.50 bits per heavy atom. The third-order valence-corrected chi connectivity index (χ3v) is 2.02. The van der Waals surface area contributed by atoms with Crippen molar-refractivity contribution in [2.24, 2.45) is 4.99 Å². The molecule has 1 aliphatic rings. The molecule has 0 aromatic rings. The standard InChI is InChI=1S/C9H11NOS/c11-9(10-7-12)6-8-4-2-1-3-5-8/h4H,1-3,5-6H2. The van der Waals surface area contributed by atoms with Gasteiger partial charge in [0.15, 0.2) is 0 Å². The molecule has 0 radical (unpaired) electrons. The van der Waals surface area contributed by atoms with Crippen LogP contribution in [0.3, 0.4) is 0 Å². The minimum absolute atomic E-state index is 0.168. The summed E-state index contributed by atoms with van der Waals surface area (Å²) in [7, 11) is 0. The SMILES string of the molecule is O=C(CC1=CCCCC1)N=C=S. The highest BCUT2D eigenvalue weighted by molar-refractivity contribution is 7.78. The molecule has 64 valence electrons. The van der Waals surface area contributed by atoms with Gasteiger partial charge in [0.05, 0.1) is 11.6 Å². The maximum atomic E-state index is 11.0. The largest absolute Gasteiger partial charge is 0.272 e. The minimum atomic E-state index is -0.168. The van der Waals surface area contributed by atoms with E-state index < -0.39 is 0 Å². The van der Waals surface area contributed by atoms with E-state index in [0.29, 0.717) is 6.42 Å². The van der Waals surface area contributed by atoms with Crippen LogP contribution in [-0.4, -0.2) is 11.1 Å². The van der Waals surface area contributed by atoms with Crippen molar-refractivity contribution < 1.29 is 4.79 Å². The van der Waals surface area contributed by atoms with Crippen molar-refractivity contribution in [2.45, 2.75) is 32.1 Å². The zero-order valence-corrected chi connectivity index (χ0v) is 7.69. The second kappa shape index (κ2) is 4.96. The summed E-state index contributed by atoms with van der Waals surface area (Å²) in [5, 5.41) is 2.09. The lowest BCUT2D eigenvalue weighted by Gasteiger charge is -2.09. The molecule has 3 heteroatoms. The second-order valence-electron chi connectivity index (χ2n) is 2.88. The molecule has 0 saturated heterocycles. The first-order valence-electron chi connectivity index (χ1n) is 4.11. The number of isothiocyanates is 1. The summed E-state index contributed by atoms with van der Waals surface area (Å²) < 4.78 is 0. The van der Waals surface area contributed by atoms with Crippen LogP contribution >= 0.6 is 12.2 Å². The van der Waals surface area contributed by atoms with Gasteiger partial charge >= 0.3 is 0 Å². The van der Waals surface area contributed by atoms with Crippen molar-refractivity contribution in [2.75, 3.05) is 0 Å². The Labute approximate surface area is 77.4 Å². The van der Waals surface area contributed by atoms with Gasteiger partial charge in [-0.25, -0.2) is 0 Å². The van der Waals surface area contributed by atoms with Crippen LogP contribution in [0.25, 0.3) is 0 Å².